The van der Waals surface area contributed by atoms with Crippen LogP contribution in [0.4, 0.5) is 5.69 Å². The molecular weight excluding hydrogens is 396 g/mol. The molecule has 2 aromatic carbocycles. The van der Waals surface area contributed by atoms with Crippen LogP contribution in [0.5, 0.6) is 11.5 Å². The van der Waals surface area contributed by atoms with Gasteiger partial charge in [-0.3, -0.25) is 4.79 Å². The van der Waals surface area contributed by atoms with Crippen molar-refractivity contribution in [3.8, 4) is 11.5 Å². The minimum atomic E-state index is -3.64. The van der Waals surface area contributed by atoms with Crippen LogP contribution in [-0.4, -0.2) is 50.7 Å². The Labute approximate surface area is 169 Å². The average Bonchev–Trinajstić information content (AvgIpc) is 3.15. The van der Waals surface area contributed by atoms with E-state index in [-0.39, 0.29) is 29.8 Å². The molecule has 2 atom stereocenters. The highest BCUT2D eigenvalue weighted by Gasteiger charge is 2.32. The van der Waals surface area contributed by atoms with E-state index in [0.29, 0.717) is 35.8 Å². The van der Waals surface area contributed by atoms with Crippen LogP contribution in [0.15, 0.2) is 47.4 Å². The highest BCUT2D eigenvalue weighted by Crippen LogP contribution is 2.34. The Morgan fingerprint density at radius 2 is 1.66 bits per heavy atom. The van der Waals surface area contributed by atoms with Crippen molar-refractivity contribution in [2.75, 3.05) is 25.2 Å². The SMILES string of the molecule is C[C@H]1CN(S(=O)(=O)c2ccc(C(=O)Nc3ccc4c(c3)OCO4)cc2)C[C@H](C)O1. The minimum Gasteiger partial charge on any atom is -0.454 e. The number of nitrogens with one attached hydrogen (secondary N) is 1. The summed E-state index contributed by atoms with van der Waals surface area (Å²) >= 11 is 0. The normalized spacial score (nSPS) is 21.7. The quantitative estimate of drug-likeness (QED) is 0.820. The lowest BCUT2D eigenvalue weighted by Gasteiger charge is -2.34. The van der Waals surface area contributed by atoms with E-state index in [9.17, 15) is 13.2 Å². The molecular formula is C20H22N2O6S. The van der Waals surface area contributed by atoms with Gasteiger partial charge in [-0.15, -0.1) is 0 Å². The highest BCUT2D eigenvalue weighted by atomic mass is 32.2. The molecule has 1 fully saturated rings. The smallest absolute Gasteiger partial charge is 0.255 e. The van der Waals surface area contributed by atoms with E-state index in [1.54, 1.807) is 18.2 Å². The van der Waals surface area contributed by atoms with Gasteiger partial charge in [-0.25, -0.2) is 8.42 Å². The standard InChI is InChI=1S/C20H22N2O6S/c1-13-10-22(11-14(2)28-13)29(24,25)17-6-3-15(4-7-17)20(23)21-16-5-8-18-19(9-16)27-12-26-18/h3-9,13-14H,10-12H2,1-2H3,(H,21,23)/t13-,14-/m0/s1. The number of hydrogen-bond donors (Lipinski definition) is 1. The Hall–Kier alpha value is -2.62. The van der Waals surface area contributed by atoms with Gasteiger partial charge in [-0.05, 0) is 50.2 Å². The summed E-state index contributed by atoms with van der Waals surface area (Å²) in [6.45, 7) is 4.46. The Balaban J connectivity index is 1.47. The van der Waals surface area contributed by atoms with Gasteiger partial charge >= 0.3 is 0 Å². The van der Waals surface area contributed by atoms with E-state index in [1.165, 1.54) is 28.6 Å². The molecule has 1 saturated heterocycles. The Bertz CT molecular complexity index is 1010. The number of rotatable bonds is 4. The molecule has 0 aliphatic carbocycles. The molecule has 2 aliphatic rings. The summed E-state index contributed by atoms with van der Waals surface area (Å²) in [5, 5.41) is 2.77. The first kappa shape index (κ1) is 19.7. The summed E-state index contributed by atoms with van der Waals surface area (Å²) < 4.78 is 43.4. The molecule has 0 radical (unpaired) electrons. The van der Waals surface area contributed by atoms with Gasteiger partial charge in [0.25, 0.3) is 5.91 Å². The number of benzene rings is 2. The number of hydrogen-bond acceptors (Lipinski definition) is 6. The van der Waals surface area contributed by atoms with Crippen molar-refractivity contribution in [1.82, 2.24) is 4.31 Å². The van der Waals surface area contributed by atoms with E-state index in [1.807, 2.05) is 13.8 Å². The number of ether oxygens (including phenoxy) is 3. The summed E-state index contributed by atoms with van der Waals surface area (Å²) in [5.74, 6) is 0.851. The van der Waals surface area contributed by atoms with Gasteiger partial charge in [0.1, 0.15) is 0 Å². The van der Waals surface area contributed by atoms with Crippen molar-refractivity contribution >= 4 is 21.6 Å². The molecule has 4 rings (SSSR count). The number of nitrogens with zero attached hydrogens (tertiary/aromatic N) is 1. The molecule has 0 unspecified atom stereocenters. The molecule has 0 aromatic heterocycles. The molecule has 1 N–H and O–H groups in total. The predicted octanol–water partition coefficient (Wildman–Crippen LogP) is 2.47. The molecule has 2 aliphatic heterocycles. The van der Waals surface area contributed by atoms with Gasteiger partial charge < -0.3 is 19.5 Å². The van der Waals surface area contributed by atoms with E-state index in [4.69, 9.17) is 14.2 Å². The summed E-state index contributed by atoms with van der Waals surface area (Å²) in [5.41, 5.74) is 0.914. The first-order valence-electron chi connectivity index (χ1n) is 9.29. The third-order valence-electron chi connectivity index (χ3n) is 4.77. The fourth-order valence-electron chi connectivity index (χ4n) is 3.43. The van der Waals surface area contributed by atoms with Crippen molar-refractivity contribution in [3.63, 3.8) is 0 Å². The summed E-state index contributed by atoms with van der Waals surface area (Å²) in [6, 6.07) is 11.0. The Morgan fingerprint density at radius 1 is 1.00 bits per heavy atom. The van der Waals surface area contributed by atoms with Crippen molar-refractivity contribution in [2.24, 2.45) is 0 Å². The zero-order valence-corrected chi connectivity index (χ0v) is 16.9. The molecule has 9 heteroatoms. The van der Waals surface area contributed by atoms with Crippen LogP contribution >= 0.6 is 0 Å². The highest BCUT2D eigenvalue weighted by molar-refractivity contribution is 7.89. The van der Waals surface area contributed by atoms with Crippen LogP contribution < -0.4 is 14.8 Å². The number of carbonyl (C=O) groups is 1. The van der Waals surface area contributed by atoms with Crippen molar-refractivity contribution in [3.05, 3.63) is 48.0 Å². The first-order valence-corrected chi connectivity index (χ1v) is 10.7. The lowest BCUT2D eigenvalue weighted by molar-refractivity contribution is -0.0440. The molecule has 0 spiro atoms. The largest absolute Gasteiger partial charge is 0.454 e. The van der Waals surface area contributed by atoms with E-state index in [0.717, 1.165) is 0 Å². The van der Waals surface area contributed by atoms with Crippen LogP contribution in [0.3, 0.4) is 0 Å². The zero-order chi connectivity index (χ0) is 20.6. The van der Waals surface area contributed by atoms with Gasteiger partial charge in [0.05, 0.1) is 17.1 Å². The zero-order valence-electron chi connectivity index (χ0n) is 16.1. The van der Waals surface area contributed by atoms with Crippen molar-refractivity contribution < 1.29 is 27.4 Å². The second-order valence-corrected chi connectivity index (χ2v) is 9.06. The van der Waals surface area contributed by atoms with Crippen molar-refractivity contribution in [2.45, 2.75) is 31.0 Å². The summed E-state index contributed by atoms with van der Waals surface area (Å²) in [4.78, 5) is 12.7. The minimum absolute atomic E-state index is 0.151. The van der Waals surface area contributed by atoms with Crippen LogP contribution in [0.2, 0.25) is 0 Å². The molecule has 0 bridgehead atoms. The number of morpholine rings is 1. The van der Waals surface area contributed by atoms with Gasteiger partial charge in [0, 0.05) is 30.4 Å². The maximum atomic E-state index is 12.9. The van der Waals surface area contributed by atoms with E-state index < -0.39 is 10.0 Å². The maximum Gasteiger partial charge on any atom is 0.255 e. The average molecular weight is 418 g/mol. The number of fused-ring (bicyclic) bond motifs is 1. The van der Waals surface area contributed by atoms with Crippen LogP contribution in [0, 0.1) is 0 Å². The fraction of sp³-hybridized carbons (Fsp3) is 0.350. The monoisotopic (exact) mass is 418 g/mol. The van der Waals surface area contributed by atoms with Gasteiger partial charge in [-0.2, -0.15) is 4.31 Å². The predicted molar refractivity (Wildman–Crippen MR) is 106 cm³/mol. The number of amides is 1. The van der Waals surface area contributed by atoms with Crippen molar-refractivity contribution in [1.29, 1.82) is 0 Å². The van der Waals surface area contributed by atoms with Crippen LogP contribution in [0.1, 0.15) is 24.2 Å². The molecule has 2 heterocycles. The van der Waals surface area contributed by atoms with E-state index >= 15 is 0 Å². The third kappa shape index (κ3) is 4.07. The molecule has 1 amide bonds. The Morgan fingerprint density at radius 3 is 2.34 bits per heavy atom. The second-order valence-electron chi connectivity index (χ2n) is 7.13. The van der Waals surface area contributed by atoms with Gasteiger partial charge in [0.15, 0.2) is 11.5 Å². The third-order valence-corrected chi connectivity index (χ3v) is 6.62. The molecule has 154 valence electrons. The molecule has 29 heavy (non-hydrogen) atoms. The van der Waals surface area contributed by atoms with E-state index in [2.05, 4.69) is 5.32 Å². The summed E-state index contributed by atoms with van der Waals surface area (Å²) in [6.07, 6.45) is -0.333. The van der Waals surface area contributed by atoms with Gasteiger partial charge in [0.2, 0.25) is 16.8 Å². The van der Waals surface area contributed by atoms with Gasteiger partial charge in [-0.1, -0.05) is 0 Å². The topological polar surface area (TPSA) is 94.2 Å². The van der Waals surface area contributed by atoms with Crippen LogP contribution in [0.25, 0.3) is 0 Å². The maximum absolute atomic E-state index is 12.9. The molecule has 0 saturated carbocycles. The number of sulfonamides is 1. The molecule has 2 aromatic rings. The lowest BCUT2D eigenvalue weighted by atomic mass is 10.2. The number of carbonyl (C=O) groups excluding carboxylic acids is 1. The molecule has 8 nitrogen and oxygen atoms in total. The Kier molecular flexibility index (Phi) is 5.20. The second kappa shape index (κ2) is 7.66. The lowest BCUT2D eigenvalue weighted by Crippen LogP contribution is -2.48. The first-order chi connectivity index (χ1) is 13.8. The fourth-order valence-corrected chi connectivity index (χ4v) is 5.02. The number of anilines is 1. The van der Waals surface area contributed by atoms with Crippen LogP contribution in [-0.2, 0) is 14.8 Å². The summed E-state index contributed by atoms with van der Waals surface area (Å²) in [7, 11) is -3.64.